The molecule has 0 radical (unpaired) electrons. The zero-order chi connectivity index (χ0) is 7.28. The van der Waals surface area contributed by atoms with Crippen molar-refractivity contribution < 1.29 is 0 Å². The third-order valence-corrected chi connectivity index (χ3v) is 0.908. The molecule has 0 fully saturated rings. The van der Waals surface area contributed by atoms with Gasteiger partial charge in [0, 0.05) is 18.9 Å². The molecular formula is C6H15N3. The van der Waals surface area contributed by atoms with Gasteiger partial charge in [0.15, 0.2) is 0 Å². The molecule has 0 aromatic rings. The number of hydrogen-bond donors (Lipinski definition) is 2. The monoisotopic (exact) mass is 129 g/mol. The summed E-state index contributed by atoms with van der Waals surface area (Å²) < 4.78 is 0. The number of hydrogen-bond acceptors (Lipinski definition) is 3. The van der Waals surface area contributed by atoms with Crippen LogP contribution in [0.1, 0.15) is 19.8 Å². The maximum absolute atomic E-state index is 5.52. The normalized spacial score (nSPS) is 11.7. The lowest BCUT2D eigenvalue weighted by atomic mass is 10.3. The van der Waals surface area contributed by atoms with Crippen LogP contribution in [-0.2, 0) is 0 Å². The number of hydrazine groups is 1. The van der Waals surface area contributed by atoms with E-state index in [1.165, 1.54) is 5.01 Å². The first-order valence-corrected chi connectivity index (χ1v) is 3.10. The largest absolute Gasteiger partial charge is 0.401 e. The highest BCUT2D eigenvalue weighted by atomic mass is 15.4. The van der Waals surface area contributed by atoms with Gasteiger partial charge in [0.25, 0.3) is 0 Å². The number of nitrogens with zero attached hydrogens (tertiary/aromatic N) is 1. The molecule has 0 aromatic heterocycles. The first-order valence-electron chi connectivity index (χ1n) is 3.10. The number of nitrogens with two attached hydrogens (primary N) is 2. The van der Waals surface area contributed by atoms with Crippen LogP contribution in [0, 0.1) is 0 Å². The molecule has 0 spiro atoms. The highest BCUT2D eigenvalue weighted by Gasteiger charge is 1.86. The van der Waals surface area contributed by atoms with E-state index in [1.54, 1.807) is 13.2 Å². The molecule has 0 aliphatic heterocycles. The summed E-state index contributed by atoms with van der Waals surface area (Å²) in [7, 11) is 1.75. The summed E-state index contributed by atoms with van der Waals surface area (Å²) in [5.41, 5.74) is 6.36. The quantitative estimate of drug-likeness (QED) is 0.428. The topological polar surface area (TPSA) is 55.3 Å². The lowest BCUT2D eigenvalue weighted by Gasteiger charge is -2.05. The average Bonchev–Trinajstić information content (AvgIpc) is 1.63. The Morgan fingerprint density at radius 2 is 2.22 bits per heavy atom. The fourth-order valence-corrected chi connectivity index (χ4v) is 0.615. The van der Waals surface area contributed by atoms with Crippen LogP contribution >= 0.6 is 0 Å². The number of allylic oxidation sites excluding steroid dienone is 1. The molecule has 0 atom stereocenters. The van der Waals surface area contributed by atoms with Crippen LogP contribution in [0.5, 0.6) is 0 Å². The van der Waals surface area contributed by atoms with Crippen molar-refractivity contribution in [3.63, 3.8) is 0 Å². The molecule has 0 aromatic carbocycles. The van der Waals surface area contributed by atoms with Crippen molar-refractivity contribution >= 4 is 0 Å². The van der Waals surface area contributed by atoms with E-state index < -0.39 is 0 Å². The Morgan fingerprint density at radius 1 is 1.67 bits per heavy atom. The van der Waals surface area contributed by atoms with Crippen molar-refractivity contribution in [2.75, 3.05) is 7.05 Å². The highest BCUT2D eigenvalue weighted by Crippen LogP contribution is 1.95. The van der Waals surface area contributed by atoms with E-state index in [2.05, 4.69) is 6.92 Å². The van der Waals surface area contributed by atoms with Gasteiger partial charge in [-0.3, -0.25) is 0 Å². The fourth-order valence-electron chi connectivity index (χ4n) is 0.615. The van der Waals surface area contributed by atoms with Gasteiger partial charge >= 0.3 is 0 Å². The highest BCUT2D eigenvalue weighted by molar-refractivity contribution is 4.93. The molecule has 0 bridgehead atoms. The van der Waals surface area contributed by atoms with Gasteiger partial charge in [-0.05, 0) is 6.42 Å². The second kappa shape index (κ2) is 4.21. The van der Waals surface area contributed by atoms with Gasteiger partial charge < -0.3 is 10.7 Å². The second-order valence-corrected chi connectivity index (χ2v) is 2.12. The molecule has 3 nitrogen and oxygen atoms in total. The standard InChI is InChI=1S/C6H15N3/c1-3-4-6(7)5-9(2)8/h5H,3-4,7-8H2,1-2H3/b6-5-. The van der Waals surface area contributed by atoms with E-state index in [-0.39, 0.29) is 0 Å². The maximum Gasteiger partial charge on any atom is 0.0339 e. The van der Waals surface area contributed by atoms with E-state index in [0.717, 1.165) is 18.5 Å². The van der Waals surface area contributed by atoms with Crippen LogP contribution in [0.3, 0.4) is 0 Å². The summed E-state index contributed by atoms with van der Waals surface area (Å²) in [6.07, 6.45) is 3.71. The Kier molecular flexibility index (Phi) is 3.88. The van der Waals surface area contributed by atoms with Crippen molar-refractivity contribution in [3.05, 3.63) is 11.9 Å². The van der Waals surface area contributed by atoms with Crippen molar-refractivity contribution in [2.45, 2.75) is 19.8 Å². The van der Waals surface area contributed by atoms with Crippen LogP contribution in [0.25, 0.3) is 0 Å². The molecule has 0 heterocycles. The van der Waals surface area contributed by atoms with Gasteiger partial charge in [0.05, 0.1) is 0 Å². The van der Waals surface area contributed by atoms with Crippen LogP contribution in [0.15, 0.2) is 11.9 Å². The predicted octanol–water partition coefficient (Wildman–Crippen LogP) is 0.392. The van der Waals surface area contributed by atoms with E-state index in [0.29, 0.717) is 0 Å². The fraction of sp³-hybridized carbons (Fsp3) is 0.667. The molecular weight excluding hydrogens is 114 g/mol. The molecule has 0 unspecified atom stereocenters. The van der Waals surface area contributed by atoms with Crippen molar-refractivity contribution in [2.24, 2.45) is 11.6 Å². The van der Waals surface area contributed by atoms with E-state index in [4.69, 9.17) is 11.6 Å². The molecule has 0 saturated heterocycles. The molecule has 0 saturated carbocycles. The smallest absolute Gasteiger partial charge is 0.0339 e. The van der Waals surface area contributed by atoms with Gasteiger partial charge in [-0.1, -0.05) is 13.3 Å². The SMILES string of the molecule is CCC/C(N)=C/N(C)N. The van der Waals surface area contributed by atoms with Crippen molar-refractivity contribution in [3.8, 4) is 0 Å². The minimum atomic E-state index is 0.836. The first-order chi connectivity index (χ1) is 4.16. The zero-order valence-electron chi connectivity index (χ0n) is 6.09. The van der Waals surface area contributed by atoms with Crippen LogP contribution in [0.4, 0.5) is 0 Å². The summed E-state index contributed by atoms with van der Waals surface area (Å²) in [5.74, 6) is 5.30. The Labute approximate surface area is 56.3 Å². The summed E-state index contributed by atoms with van der Waals surface area (Å²) in [5, 5.41) is 1.46. The van der Waals surface area contributed by atoms with Crippen LogP contribution in [-0.4, -0.2) is 12.1 Å². The van der Waals surface area contributed by atoms with Crippen LogP contribution in [0.2, 0.25) is 0 Å². The Morgan fingerprint density at radius 3 is 2.56 bits per heavy atom. The number of rotatable bonds is 3. The molecule has 0 rings (SSSR count). The molecule has 54 valence electrons. The molecule has 0 aliphatic carbocycles. The van der Waals surface area contributed by atoms with Crippen molar-refractivity contribution in [1.82, 2.24) is 5.01 Å². The molecule has 4 N–H and O–H groups in total. The van der Waals surface area contributed by atoms with E-state index in [1.807, 2.05) is 0 Å². The van der Waals surface area contributed by atoms with E-state index >= 15 is 0 Å². The second-order valence-electron chi connectivity index (χ2n) is 2.12. The third-order valence-electron chi connectivity index (χ3n) is 0.908. The Bertz CT molecular complexity index is 96.5. The molecule has 0 amide bonds. The predicted molar refractivity (Wildman–Crippen MR) is 39.1 cm³/mol. The molecule has 0 aliphatic rings. The van der Waals surface area contributed by atoms with Crippen LogP contribution < -0.4 is 11.6 Å². The average molecular weight is 129 g/mol. The third kappa shape index (κ3) is 5.17. The summed E-state index contributed by atoms with van der Waals surface area (Å²) in [6.45, 7) is 2.08. The lowest BCUT2D eigenvalue weighted by molar-refractivity contribution is 0.477. The minimum absolute atomic E-state index is 0.836. The Balaban J connectivity index is 3.55. The van der Waals surface area contributed by atoms with Gasteiger partial charge in [0.2, 0.25) is 0 Å². The van der Waals surface area contributed by atoms with Gasteiger partial charge in [0.1, 0.15) is 0 Å². The van der Waals surface area contributed by atoms with Gasteiger partial charge in [-0.15, -0.1) is 0 Å². The van der Waals surface area contributed by atoms with Crippen molar-refractivity contribution in [1.29, 1.82) is 0 Å². The van der Waals surface area contributed by atoms with E-state index in [9.17, 15) is 0 Å². The first kappa shape index (κ1) is 8.30. The summed E-state index contributed by atoms with van der Waals surface area (Å²) >= 11 is 0. The zero-order valence-corrected chi connectivity index (χ0v) is 6.09. The molecule has 9 heavy (non-hydrogen) atoms. The summed E-state index contributed by atoms with van der Waals surface area (Å²) in [6, 6.07) is 0. The summed E-state index contributed by atoms with van der Waals surface area (Å²) in [4.78, 5) is 0. The van der Waals surface area contributed by atoms with Gasteiger partial charge in [-0.2, -0.15) is 0 Å². The molecule has 3 heteroatoms. The van der Waals surface area contributed by atoms with Gasteiger partial charge in [-0.25, -0.2) is 5.84 Å². The maximum atomic E-state index is 5.52. The lowest BCUT2D eigenvalue weighted by Crippen LogP contribution is -2.20. The Hall–Kier alpha value is -0.700. The minimum Gasteiger partial charge on any atom is -0.401 e.